The van der Waals surface area contributed by atoms with Gasteiger partial charge in [-0.05, 0) is 37.5 Å². The van der Waals surface area contributed by atoms with Crippen LogP contribution in [0.5, 0.6) is 0 Å². The average Bonchev–Trinajstić information content (AvgIpc) is 3.06. The summed E-state index contributed by atoms with van der Waals surface area (Å²) < 4.78 is 6.14. The topological polar surface area (TPSA) is 67.4 Å². The number of ether oxygens (including phenoxy) is 1. The van der Waals surface area contributed by atoms with Gasteiger partial charge in [-0.25, -0.2) is 9.97 Å². The van der Waals surface area contributed by atoms with Crippen molar-refractivity contribution in [2.45, 2.75) is 30.9 Å². The summed E-state index contributed by atoms with van der Waals surface area (Å²) in [5.74, 6) is 0.738. The predicted octanol–water partition coefficient (Wildman–Crippen LogP) is 2.35. The van der Waals surface area contributed by atoms with Gasteiger partial charge >= 0.3 is 0 Å². The summed E-state index contributed by atoms with van der Waals surface area (Å²) in [5, 5.41) is 3.40. The molecule has 0 aliphatic carbocycles. The quantitative estimate of drug-likeness (QED) is 0.930. The summed E-state index contributed by atoms with van der Waals surface area (Å²) in [6.45, 7) is 2.08. The Hall–Kier alpha value is -2.47. The zero-order valence-corrected chi connectivity index (χ0v) is 14.1. The Kier molecular flexibility index (Phi) is 4.36. The summed E-state index contributed by atoms with van der Waals surface area (Å²) in [4.78, 5) is 23.1. The number of hydrogen-bond acceptors (Lipinski definition) is 5. The molecule has 1 amide bonds. The van der Waals surface area contributed by atoms with E-state index in [0.717, 1.165) is 31.4 Å². The first kappa shape index (κ1) is 16.0. The maximum Gasteiger partial charge on any atom is 0.253 e. The third kappa shape index (κ3) is 3.49. The first-order valence-electron chi connectivity index (χ1n) is 8.76. The molecule has 1 N–H and O–H groups in total. The lowest BCUT2D eigenvalue weighted by Crippen LogP contribution is -2.47. The number of likely N-dealkylation sites (tertiary alicyclic amines) is 1. The molecule has 6 heteroatoms. The monoisotopic (exact) mass is 338 g/mol. The molecule has 1 spiro atoms. The van der Waals surface area contributed by atoms with Gasteiger partial charge in [0.25, 0.3) is 5.91 Å². The summed E-state index contributed by atoms with van der Waals surface area (Å²) in [6.07, 6.45) is 6.14. The van der Waals surface area contributed by atoms with E-state index in [9.17, 15) is 4.79 Å². The van der Waals surface area contributed by atoms with Crippen LogP contribution >= 0.6 is 0 Å². The Bertz CT molecular complexity index is 725. The van der Waals surface area contributed by atoms with Crippen LogP contribution in [0.2, 0.25) is 0 Å². The standard InChI is InChI=1S/C19H22N4O2/c24-17(15-5-2-1-3-6-15)23-11-8-19(14-23)13-16(7-12-25-19)22-18-20-9-4-10-21-18/h1-6,9-10,16H,7-8,11-14H2,(H,20,21,22)/t16-,19+/m1/s1. The lowest BCUT2D eigenvalue weighted by Gasteiger charge is -2.38. The minimum atomic E-state index is -0.255. The number of hydrogen-bond donors (Lipinski definition) is 1. The van der Waals surface area contributed by atoms with Crippen molar-refractivity contribution in [1.29, 1.82) is 0 Å². The van der Waals surface area contributed by atoms with Crippen molar-refractivity contribution in [3.8, 4) is 0 Å². The number of carbonyl (C=O) groups excluding carboxylic acids is 1. The molecule has 2 fully saturated rings. The van der Waals surface area contributed by atoms with E-state index in [1.807, 2.05) is 35.2 Å². The molecule has 2 atom stereocenters. The van der Waals surface area contributed by atoms with Gasteiger partial charge in [-0.2, -0.15) is 0 Å². The van der Waals surface area contributed by atoms with Crippen LogP contribution in [0.25, 0.3) is 0 Å². The number of aromatic nitrogens is 2. The number of amides is 1. The summed E-state index contributed by atoms with van der Waals surface area (Å²) in [5.41, 5.74) is 0.484. The largest absolute Gasteiger partial charge is 0.373 e. The van der Waals surface area contributed by atoms with Gasteiger partial charge in [0.15, 0.2) is 0 Å². The minimum Gasteiger partial charge on any atom is -0.373 e. The average molecular weight is 338 g/mol. The fraction of sp³-hybridized carbons (Fsp3) is 0.421. The van der Waals surface area contributed by atoms with Crippen LogP contribution in [0.15, 0.2) is 48.8 Å². The van der Waals surface area contributed by atoms with Crippen LogP contribution in [0, 0.1) is 0 Å². The molecule has 0 saturated carbocycles. The highest BCUT2D eigenvalue weighted by atomic mass is 16.5. The van der Waals surface area contributed by atoms with Gasteiger partial charge in [-0.3, -0.25) is 4.79 Å². The second kappa shape index (κ2) is 6.80. The van der Waals surface area contributed by atoms with Gasteiger partial charge in [0, 0.05) is 37.2 Å². The molecule has 25 heavy (non-hydrogen) atoms. The van der Waals surface area contributed by atoms with Gasteiger partial charge in [-0.15, -0.1) is 0 Å². The first-order chi connectivity index (χ1) is 12.2. The van der Waals surface area contributed by atoms with Crippen LogP contribution in [-0.4, -0.2) is 52.1 Å². The van der Waals surface area contributed by atoms with E-state index in [1.54, 1.807) is 18.5 Å². The zero-order valence-electron chi connectivity index (χ0n) is 14.1. The van der Waals surface area contributed by atoms with Crippen molar-refractivity contribution in [3.05, 3.63) is 54.4 Å². The molecule has 3 heterocycles. The number of anilines is 1. The maximum absolute atomic E-state index is 12.7. The van der Waals surface area contributed by atoms with E-state index in [2.05, 4.69) is 15.3 Å². The maximum atomic E-state index is 12.7. The van der Waals surface area contributed by atoms with Gasteiger partial charge in [-0.1, -0.05) is 18.2 Å². The fourth-order valence-corrected chi connectivity index (χ4v) is 3.77. The number of rotatable bonds is 3. The predicted molar refractivity (Wildman–Crippen MR) is 94.3 cm³/mol. The van der Waals surface area contributed by atoms with Crippen LogP contribution < -0.4 is 5.32 Å². The highest BCUT2D eigenvalue weighted by molar-refractivity contribution is 5.94. The van der Waals surface area contributed by atoms with Gasteiger partial charge < -0.3 is 15.0 Å². The number of nitrogens with zero attached hydrogens (tertiary/aromatic N) is 3. The van der Waals surface area contributed by atoms with Crippen molar-refractivity contribution < 1.29 is 9.53 Å². The third-order valence-electron chi connectivity index (χ3n) is 5.02. The molecule has 130 valence electrons. The minimum absolute atomic E-state index is 0.0857. The first-order valence-corrected chi connectivity index (χ1v) is 8.76. The van der Waals surface area contributed by atoms with E-state index < -0.39 is 0 Å². The lowest BCUT2D eigenvalue weighted by molar-refractivity contribution is -0.0721. The highest BCUT2D eigenvalue weighted by Gasteiger charge is 2.44. The van der Waals surface area contributed by atoms with E-state index >= 15 is 0 Å². The van der Waals surface area contributed by atoms with Gasteiger partial charge in [0.05, 0.1) is 12.1 Å². The lowest BCUT2D eigenvalue weighted by atomic mass is 9.89. The van der Waals surface area contributed by atoms with E-state index in [4.69, 9.17) is 4.74 Å². The van der Waals surface area contributed by atoms with E-state index in [0.29, 0.717) is 19.1 Å². The van der Waals surface area contributed by atoms with Gasteiger partial charge in [0.1, 0.15) is 0 Å². The summed E-state index contributed by atoms with van der Waals surface area (Å²) in [6, 6.07) is 11.5. The van der Waals surface area contributed by atoms with E-state index in [1.165, 1.54) is 0 Å². The van der Waals surface area contributed by atoms with Crippen molar-refractivity contribution in [1.82, 2.24) is 14.9 Å². The molecule has 1 aromatic heterocycles. The van der Waals surface area contributed by atoms with Crippen molar-refractivity contribution in [2.24, 2.45) is 0 Å². The van der Waals surface area contributed by atoms with Crippen molar-refractivity contribution >= 4 is 11.9 Å². The smallest absolute Gasteiger partial charge is 0.253 e. The van der Waals surface area contributed by atoms with Crippen LogP contribution in [0.4, 0.5) is 5.95 Å². The molecule has 0 bridgehead atoms. The number of benzene rings is 1. The SMILES string of the molecule is O=C(c1ccccc1)N1CC[C@]2(C[C@H](Nc3ncccn3)CCO2)C1. The van der Waals surface area contributed by atoms with Crippen LogP contribution in [0.1, 0.15) is 29.6 Å². The second-order valence-corrected chi connectivity index (χ2v) is 6.78. The van der Waals surface area contributed by atoms with E-state index in [-0.39, 0.29) is 17.6 Å². The normalized spacial score (nSPS) is 25.9. The molecular weight excluding hydrogens is 316 g/mol. The third-order valence-corrected chi connectivity index (χ3v) is 5.02. The van der Waals surface area contributed by atoms with Crippen LogP contribution in [0.3, 0.4) is 0 Å². The Labute approximate surface area is 147 Å². The summed E-state index contributed by atoms with van der Waals surface area (Å²) in [7, 11) is 0. The molecule has 2 aliphatic heterocycles. The highest BCUT2D eigenvalue weighted by Crippen LogP contribution is 2.35. The van der Waals surface area contributed by atoms with Gasteiger partial charge in [0.2, 0.25) is 5.95 Å². The Morgan fingerprint density at radius 1 is 1.20 bits per heavy atom. The van der Waals surface area contributed by atoms with Crippen LogP contribution in [-0.2, 0) is 4.74 Å². The molecule has 2 aliphatic rings. The Balaban J connectivity index is 1.41. The second-order valence-electron chi connectivity index (χ2n) is 6.78. The summed E-state index contributed by atoms with van der Waals surface area (Å²) >= 11 is 0. The molecule has 6 nitrogen and oxygen atoms in total. The van der Waals surface area contributed by atoms with Crippen molar-refractivity contribution in [3.63, 3.8) is 0 Å². The molecule has 4 rings (SSSR count). The Morgan fingerprint density at radius 2 is 2.00 bits per heavy atom. The molecule has 2 saturated heterocycles. The fourth-order valence-electron chi connectivity index (χ4n) is 3.77. The molecule has 2 aromatic rings. The zero-order chi connectivity index (χ0) is 17.1. The molecule has 0 radical (unpaired) electrons. The van der Waals surface area contributed by atoms with Crippen molar-refractivity contribution in [2.75, 3.05) is 25.0 Å². The Morgan fingerprint density at radius 3 is 2.80 bits per heavy atom. The number of carbonyl (C=O) groups is 1. The molecular formula is C19H22N4O2. The molecule has 0 unspecified atom stereocenters. The number of nitrogens with one attached hydrogen (secondary N) is 1. The molecule has 1 aromatic carbocycles.